The highest BCUT2D eigenvalue weighted by Gasteiger charge is 2.13. The number of nitro groups is 1. The van der Waals surface area contributed by atoms with Crippen LogP contribution < -0.4 is 10.1 Å². The first-order valence-corrected chi connectivity index (χ1v) is 9.40. The second-order valence-corrected chi connectivity index (χ2v) is 6.83. The molecule has 1 N–H and O–H groups in total. The average molecular weight is 417 g/mol. The second kappa shape index (κ2) is 9.41. The summed E-state index contributed by atoms with van der Waals surface area (Å²) in [7, 11) is 0. The Hall–Kier alpha value is -4.38. The Morgan fingerprint density at radius 3 is 2.68 bits per heavy atom. The number of hydrogen-bond acceptors (Lipinski definition) is 6. The van der Waals surface area contributed by atoms with Gasteiger partial charge in [0.2, 0.25) is 0 Å². The molecule has 156 valence electrons. The maximum atomic E-state index is 12.5. The Morgan fingerprint density at radius 1 is 1.19 bits per heavy atom. The Morgan fingerprint density at radius 2 is 1.97 bits per heavy atom. The average Bonchev–Trinajstić information content (AvgIpc) is 3.20. The Balaban J connectivity index is 1.78. The highest BCUT2D eigenvalue weighted by molar-refractivity contribution is 6.09. The third kappa shape index (κ3) is 5.58. The standard InChI is InChI=1S/C23H19N3O5/c1-15(2)30-20-8-4-6-18(13-20)25-23(27)17(14-24)12-21-9-10-22(31-21)16-5-3-7-19(11-16)26(28)29/h3-13,15H,1-2H3,(H,25,27)/b17-12-. The maximum Gasteiger partial charge on any atom is 0.270 e. The van der Waals surface area contributed by atoms with Crippen LogP contribution in [0.1, 0.15) is 19.6 Å². The predicted octanol–water partition coefficient (Wildman–Crippen LogP) is 5.19. The van der Waals surface area contributed by atoms with Gasteiger partial charge in [0, 0.05) is 35.5 Å². The lowest BCUT2D eigenvalue weighted by atomic mass is 10.1. The fraction of sp³-hybridized carbons (Fsp3) is 0.130. The number of nitriles is 1. The number of nitro benzene ring substituents is 1. The summed E-state index contributed by atoms with van der Waals surface area (Å²) in [6.45, 7) is 3.79. The first kappa shape index (κ1) is 21.3. The molecule has 2 aromatic carbocycles. The van der Waals surface area contributed by atoms with Crippen molar-refractivity contribution in [1.82, 2.24) is 0 Å². The zero-order chi connectivity index (χ0) is 22.4. The fourth-order valence-electron chi connectivity index (χ4n) is 2.77. The molecule has 0 aliphatic heterocycles. The van der Waals surface area contributed by atoms with Crippen LogP contribution in [0.2, 0.25) is 0 Å². The van der Waals surface area contributed by atoms with Crippen LogP contribution in [-0.2, 0) is 4.79 Å². The number of nitrogens with zero attached hydrogens (tertiary/aromatic N) is 2. The van der Waals surface area contributed by atoms with Crippen LogP contribution >= 0.6 is 0 Å². The van der Waals surface area contributed by atoms with Crippen molar-refractivity contribution in [3.8, 4) is 23.1 Å². The molecule has 1 amide bonds. The lowest BCUT2D eigenvalue weighted by Crippen LogP contribution is -2.13. The topological polar surface area (TPSA) is 118 Å². The second-order valence-electron chi connectivity index (χ2n) is 6.83. The van der Waals surface area contributed by atoms with Crippen LogP contribution in [0.15, 0.2) is 70.7 Å². The van der Waals surface area contributed by atoms with Crippen molar-refractivity contribution < 1.29 is 18.9 Å². The largest absolute Gasteiger partial charge is 0.491 e. The van der Waals surface area contributed by atoms with E-state index in [1.54, 1.807) is 48.5 Å². The maximum absolute atomic E-state index is 12.5. The Labute approximate surface area is 178 Å². The molecule has 0 bridgehead atoms. The molecule has 1 aromatic heterocycles. The van der Waals surface area contributed by atoms with Gasteiger partial charge in [0.15, 0.2) is 0 Å². The van der Waals surface area contributed by atoms with Crippen molar-refractivity contribution >= 4 is 23.4 Å². The summed E-state index contributed by atoms with van der Waals surface area (Å²) < 4.78 is 11.2. The van der Waals surface area contributed by atoms with Gasteiger partial charge in [-0.25, -0.2) is 0 Å². The van der Waals surface area contributed by atoms with Gasteiger partial charge in [-0.3, -0.25) is 14.9 Å². The quantitative estimate of drug-likeness (QED) is 0.245. The highest BCUT2D eigenvalue weighted by atomic mass is 16.6. The van der Waals surface area contributed by atoms with E-state index in [0.717, 1.165) is 0 Å². The van der Waals surface area contributed by atoms with Gasteiger partial charge in [0.25, 0.3) is 11.6 Å². The van der Waals surface area contributed by atoms with Crippen molar-refractivity contribution in [2.45, 2.75) is 20.0 Å². The molecule has 0 saturated heterocycles. The lowest BCUT2D eigenvalue weighted by Gasteiger charge is -2.11. The number of rotatable bonds is 7. The minimum atomic E-state index is -0.600. The summed E-state index contributed by atoms with van der Waals surface area (Å²) in [5.41, 5.74) is 0.779. The normalized spacial score (nSPS) is 11.1. The zero-order valence-electron chi connectivity index (χ0n) is 16.9. The Bertz CT molecular complexity index is 1190. The van der Waals surface area contributed by atoms with Crippen molar-refractivity contribution in [3.63, 3.8) is 0 Å². The molecule has 8 nitrogen and oxygen atoms in total. The van der Waals surface area contributed by atoms with E-state index in [4.69, 9.17) is 9.15 Å². The van der Waals surface area contributed by atoms with Gasteiger partial charge in [0.1, 0.15) is 28.9 Å². The van der Waals surface area contributed by atoms with E-state index < -0.39 is 10.8 Å². The van der Waals surface area contributed by atoms with Gasteiger partial charge < -0.3 is 14.5 Å². The SMILES string of the molecule is CC(C)Oc1cccc(NC(=O)/C(C#N)=C\c2ccc(-c3cccc([N+](=O)[O-])c3)o2)c1. The molecule has 1 heterocycles. The summed E-state index contributed by atoms with van der Waals surface area (Å²) in [6.07, 6.45) is 1.30. The monoisotopic (exact) mass is 417 g/mol. The molecule has 0 spiro atoms. The number of benzene rings is 2. The molecule has 3 rings (SSSR count). The summed E-state index contributed by atoms with van der Waals surface area (Å²) in [5, 5.41) is 23.0. The number of anilines is 1. The van der Waals surface area contributed by atoms with Crippen molar-refractivity contribution in [3.05, 3.63) is 82.1 Å². The van der Waals surface area contributed by atoms with Gasteiger partial charge in [-0.2, -0.15) is 5.26 Å². The van der Waals surface area contributed by atoms with Crippen LogP contribution in [-0.4, -0.2) is 16.9 Å². The predicted molar refractivity (Wildman–Crippen MR) is 115 cm³/mol. The first-order chi connectivity index (χ1) is 14.9. The van der Waals surface area contributed by atoms with E-state index in [1.165, 1.54) is 18.2 Å². The number of ether oxygens (including phenoxy) is 1. The van der Waals surface area contributed by atoms with Gasteiger partial charge in [-0.1, -0.05) is 18.2 Å². The zero-order valence-corrected chi connectivity index (χ0v) is 16.9. The first-order valence-electron chi connectivity index (χ1n) is 9.40. The van der Waals surface area contributed by atoms with Gasteiger partial charge in [-0.15, -0.1) is 0 Å². The molecule has 0 saturated carbocycles. The molecule has 0 aliphatic rings. The molecule has 0 unspecified atom stereocenters. The van der Waals surface area contributed by atoms with Gasteiger partial charge in [0.05, 0.1) is 11.0 Å². The highest BCUT2D eigenvalue weighted by Crippen LogP contribution is 2.27. The molecule has 31 heavy (non-hydrogen) atoms. The number of carbonyl (C=O) groups excluding carboxylic acids is 1. The van der Waals surface area contributed by atoms with Crippen molar-refractivity contribution in [2.75, 3.05) is 5.32 Å². The van der Waals surface area contributed by atoms with E-state index >= 15 is 0 Å². The molecule has 3 aromatic rings. The molecule has 0 radical (unpaired) electrons. The molecule has 0 atom stereocenters. The number of furan rings is 1. The molecule has 0 aliphatic carbocycles. The van der Waals surface area contributed by atoms with Crippen LogP contribution in [0.4, 0.5) is 11.4 Å². The molecular weight excluding hydrogens is 398 g/mol. The van der Waals surface area contributed by atoms with Crippen LogP contribution in [0.3, 0.4) is 0 Å². The van der Waals surface area contributed by atoms with E-state index in [-0.39, 0.29) is 23.1 Å². The van der Waals surface area contributed by atoms with Crippen LogP contribution in [0.5, 0.6) is 5.75 Å². The Kier molecular flexibility index (Phi) is 6.48. The third-order valence-corrected chi connectivity index (χ3v) is 4.08. The summed E-state index contributed by atoms with van der Waals surface area (Å²) >= 11 is 0. The minimum absolute atomic E-state index is 0.0142. The smallest absolute Gasteiger partial charge is 0.270 e. The summed E-state index contributed by atoms with van der Waals surface area (Å²) in [5.74, 6) is 0.650. The van der Waals surface area contributed by atoms with Gasteiger partial charge in [-0.05, 0) is 38.1 Å². The van der Waals surface area contributed by atoms with Crippen LogP contribution in [0.25, 0.3) is 17.4 Å². The number of amides is 1. The molecule has 8 heteroatoms. The number of non-ortho nitro benzene ring substituents is 1. The summed E-state index contributed by atoms with van der Waals surface area (Å²) in [6, 6.07) is 17.9. The fourth-order valence-corrected chi connectivity index (χ4v) is 2.77. The number of carbonyl (C=O) groups is 1. The summed E-state index contributed by atoms with van der Waals surface area (Å²) in [4.78, 5) is 23.0. The third-order valence-electron chi connectivity index (χ3n) is 4.08. The minimum Gasteiger partial charge on any atom is -0.491 e. The number of hydrogen-bond donors (Lipinski definition) is 1. The van der Waals surface area contributed by atoms with Crippen LogP contribution in [0, 0.1) is 21.4 Å². The van der Waals surface area contributed by atoms with Gasteiger partial charge >= 0.3 is 0 Å². The van der Waals surface area contributed by atoms with E-state index in [9.17, 15) is 20.2 Å². The molecule has 0 fully saturated rings. The number of nitrogens with one attached hydrogen (secondary N) is 1. The van der Waals surface area contributed by atoms with E-state index in [1.807, 2.05) is 19.9 Å². The van der Waals surface area contributed by atoms with Crippen molar-refractivity contribution in [2.24, 2.45) is 0 Å². The lowest BCUT2D eigenvalue weighted by molar-refractivity contribution is -0.384. The van der Waals surface area contributed by atoms with E-state index in [0.29, 0.717) is 22.8 Å². The molecular formula is C23H19N3O5. The van der Waals surface area contributed by atoms with Crippen molar-refractivity contribution in [1.29, 1.82) is 5.26 Å². The van der Waals surface area contributed by atoms with E-state index in [2.05, 4.69) is 5.32 Å².